The first kappa shape index (κ1) is 26.5. The molecule has 0 bridgehead atoms. The molecule has 37 heavy (non-hydrogen) atoms. The highest BCUT2D eigenvalue weighted by Gasteiger charge is 2.32. The fourth-order valence-electron chi connectivity index (χ4n) is 5.23. The maximum Gasteiger partial charge on any atom is 0.265 e. The molecule has 0 aliphatic heterocycles. The third-order valence-corrected chi connectivity index (χ3v) is 10.2. The Balaban J connectivity index is 1.52. The Kier molecular flexibility index (Phi) is 8.39. The highest BCUT2D eigenvalue weighted by molar-refractivity contribution is 14.1. The molecule has 0 unspecified atom stereocenters. The van der Waals surface area contributed by atoms with Gasteiger partial charge < -0.3 is 15.0 Å². The highest BCUT2D eigenvalue weighted by Crippen LogP contribution is 2.36. The first-order valence-corrected chi connectivity index (χ1v) is 14.8. The number of nitrogens with one attached hydrogen (secondary N) is 1. The molecule has 1 N–H and O–H groups in total. The summed E-state index contributed by atoms with van der Waals surface area (Å²) in [6, 6.07) is 23.0. The first-order valence-electron chi connectivity index (χ1n) is 12.6. The van der Waals surface area contributed by atoms with E-state index in [1.54, 1.807) is 18.4 Å². The minimum Gasteiger partial charge on any atom is -0.496 e. The monoisotopic (exact) mass is 644 g/mol. The summed E-state index contributed by atoms with van der Waals surface area (Å²) in [6.07, 6.45) is 4.10. The Labute approximate surface area is 241 Å². The Bertz CT molecular complexity index is 1400. The number of thiophene rings is 1. The van der Waals surface area contributed by atoms with Crippen LogP contribution in [0, 0.1) is 3.57 Å². The molecule has 1 saturated carbocycles. The Hall–Kier alpha value is -2.13. The standard InChI is InChI=1S/C30H30ClIN2O2S/c1-33-23-12-14-24(15-13-23)34(30(35)29-28(32)25-5-3-4-6-27(25)37-29)18-21-17-20(9-16-26(21)36-2)19-7-10-22(31)11-8-19/h3-11,16-17,23-24,33H,12-15,18H2,1-2H3. The fraction of sp³-hybridized carbons (Fsp3) is 0.300. The predicted molar refractivity (Wildman–Crippen MR) is 163 cm³/mol. The normalized spacial score (nSPS) is 17.6. The van der Waals surface area contributed by atoms with E-state index in [1.165, 1.54) is 0 Å². The summed E-state index contributed by atoms with van der Waals surface area (Å²) in [7, 11) is 3.72. The van der Waals surface area contributed by atoms with Crippen LogP contribution in [0.5, 0.6) is 5.75 Å². The quantitative estimate of drug-likeness (QED) is 0.207. The maximum atomic E-state index is 14.2. The molecule has 0 spiro atoms. The molecular weight excluding hydrogens is 615 g/mol. The first-order chi connectivity index (χ1) is 18.0. The van der Waals surface area contributed by atoms with E-state index in [0.717, 1.165) is 66.7 Å². The molecule has 0 radical (unpaired) electrons. The van der Waals surface area contributed by atoms with Crippen LogP contribution in [-0.4, -0.2) is 37.0 Å². The lowest BCUT2D eigenvalue weighted by Crippen LogP contribution is -2.44. The molecular formula is C30H30ClIN2O2S. The molecule has 4 aromatic rings. The zero-order valence-corrected chi connectivity index (χ0v) is 24.7. The average Bonchev–Trinajstić information content (AvgIpc) is 3.28. The molecule has 1 aliphatic carbocycles. The van der Waals surface area contributed by atoms with Crippen LogP contribution < -0.4 is 10.1 Å². The van der Waals surface area contributed by atoms with Gasteiger partial charge in [-0.2, -0.15) is 0 Å². The van der Waals surface area contributed by atoms with Crippen LogP contribution >= 0.6 is 45.5 Å². The topological polar surface area (TPSA) is 41.6 Å². The van der Waals surface area contributed by atoms with Gasteiger partial charge in [-0.15, -0.1) is 11.3 Å². The number of carbonyl (C=O) groups is 1. The number of fused-ring (bicyclic) bond motifs is 1. The highest BCUT2D eigenvalue weighted by atomic mass is 127. The van der Waals surface area contributed by atoms with E-state index >= 15 is 0 Å². The number of carbonyl (C=O) groups excluding carboxylic acids is 1. The van der Waals surface area contributed by atoms with Crippen molar-refractivity contribution in [2.75, 3.05) is 14.2 Å². The SMILES string of the molecule is CNC1CCC(N(Cc2cc(-c3ccc(Cl)cc3)ccc2OC)C(=O)c2sc3ccccc3c2I)CC1. The molecule has 0 saturated heterocycles. The van der Waals surface area contributed by atoms with Crippen molar-refractivity contribution in [2.24, 2.45) is 0 Å². The van der Waals surface area contributed by atoms with E-state index in [1.807, 2.05) is 49.5 Å². The second-order valence-corrected chi connectivity index (χ2v) is 12.1. The molecule has 5 rings (SSSR count). The van der Waals surface area contributed by atoms with Gasteiger partial charge in [-0.05, 0) is 96.8 Å². The van der Waals surface area contributed by atoms with Crippen molar-refractivity contribution in [2.45, 2.75) is 44.3 Å². The van der Waals surface area contributed by atoms with E-state index in [9.17, 15) is 4.79 Å². The van der Waals surface area contributed by atoms with E-state index in [-0.39, 0.29) is 11.9 Å². The summed E-state index contributed by atoms with van der Waals surface area (Å²) in [5.74, 6) is 0.905. The minimum absolute atomic E-state index is 0.109. The summed E-state index contributed by atoms with van der Waals surface area (Å²) >= 11 is 10.1. The maximum absolute atomic E-state index is 14.2. The summed E-state index contributed by atoms with van der Waals surface area (Å²) in [4.78, 5) is 17.2. The number of amides is 1. The van der Waals surface area contributed by atoms with Gasteiger partial charge in [0, 0.05) is 42.9 Å². The molecule has 1 amide bonds. The average molecular weight is 645 g/mol. The molecule has 1 heterocycles. The molecule has 192 valence electrons. The summed E-state index contributed by atoms with van der Waals surface area (Å²) in [6.45, 7) is 0.503. The van der Waals surface area contributed by atoms with Crippen LogP contribution in [0.25, 0.3) is 21.2 Å². The predicted octanol–water partition coefficient (Wildman–Crippen LogP) is 8.01. The van der Waals surface area contributed by atoms with Crippen LogP contribution in [0.1, 0.15) is 40.9 Å². The zero-order valence-electron chi connectivity index (χ0n) is 21.0. The van der Waals surface area contributed by atoms with Gasteiger partial charge in [0.25, 0.3) is 5.91 Å². The molecule has 7 heteroatoms. The Morgan fingerprint density at radius 1 is 1.05 bits per heavy atom. The van der Waals surface area contributed by atoms with Crippen molar-refractivity contribution >= 4 is 61.5 Å². The van der Waals surface area contributed by atoms with Gasteiger partial charge in [0.1, 0.15) is 10.6 Å². The van der Waals surface area contributed by atoms with Crippen molar-refractivity contribution < 1.29 is 9.53 Å². The van der Waals surface area contributed by atoms with Crippen LogP contribution in [0.15, 0.2) is 66.7 Å². The number of hydrogen-bond donors (Lipinski definition) is 1. The largest absolute Gasteiger partial charge is 0.496 e. The van der Waals surface area contributed by atoms with Crippen molar-refractivity contribution in [1.29, 1.82) is 0 Å². The van der Waals surface area contributed by atoms with E-state index in [4.69, 9.17) is 16.3 Å². The van der Waals surface area contributed by atoms with E-state index in [0.29, 0.717) is 17.6 Å². The van der Waals surface area contributed by atoms with Gasteiger partial charge in [-0.1, -0.05) is 48.0 Å². The number of halogens is 2. The van der Waals surface area contributed by atoms with Crippen LogP contribution in [0.3, 0.4) is 0 Å². The van der Waals surface area contributed by atoms with E-state index < -0.39 is 0 Å². The van der Waals surface area contributed by atoms with Gasteiger partial charge in [0.15, 0.2) is 0 Å². The number of hydrogen-bond acceptors (Lipinski definition) is 4. The van der Waals surface area contributed by atoms with Gasteiger partial charge in [-0.25, -0.2) is 0 Å². The lowest BCUT2D eigenvalue weighted by atomic mass is 9.89. The Morgan fingerprint density at radius 2 is 1.76 bits per heavy atom. The van der Waals surface area contributed by atoms with Gasteiger partial charge in [0.05, 0.1) is 7.11 Å². The van der Waals surface area contributed by atoms with Crippen molar-refractivity contribution in [3.05, 3.63) is 85.8 Å². The molecule has 0 atom stereocenters. The summed E-state index contributed by atoms with van der Waals surface area (Å²) in [5, 5.41) is 5.28. The Morgan fingerprint density at radius 3 is 2.43 bits per heavy atom. The lowest BCUT2D eigenvalue weighted by molar-refractivity contribution is 0.0603. The smallest absolute Gasteiger partial charge is 0.265 e. The number of ether oxygens (including phenoxy) is 1. The number of nitrogens with zero attached hydrogens (tertiary/aromatic N) is 1. The molecule has 1 aliphatic rings. The van der Waals surface area contributed by atoms with Crippen LogP contribution in [-0.2, 0) is 6.54 Å². The molecule has 4 nitrogen and oxygen atoms in total. The molecule has 3 aromatic carbocycles. The molecule has 1 fully saturated rings. The van der Waals surface area contributed by atoms with Gasteiger partial charge >= 0.3 is 0 Å². The third-order valence-electron chi connectivity index (χ3n) is 7.33. The number of rotatable bonds is 7. The third kappa shape index (κ3) is 5.67. The number of methoxy groups -OCH3 is 1. The van der Waals surface area contributed by atoms with Gasteiger partial charge in [-0.3, -0.25) is 4.79 Å². The fourth-order valence-corrected chi connectivity index (χ4v) is 7.62. The lowest BCUT2D eigenvalue weighted by Gasteiger charge is -2.37. The van der Waals surface area contributed by atoms with Crippen molar-refractivity contribution in [1.82, 2.24) is 10.2 Å². The molecule has 1 aromatic heterocycles. The van der Waals surface area contributed by atoms with Crippen LogP contribution in [0.4, 0.5) is 0 Å². The van der Waals surface area contributed by atoms with Crippen molar-refractivity contribution in [3.63, 3.8) is 0 Å². The zero-order chi connectivity index (χ0) is 25.9. The summed E-state index contributed by atoms with van der Waals surface area (Å²) < 4.78 is 7.96. The number of benzene rings is 3. The van der Waals surface area contributed by atoms with E-state index in [2.05, 4.69) is 57.1 Å². The van der Waals surface area contributed by atoms with Crippen LogP contribution in [0.2, 0.25) is 5.02 Å². The van der Waals surface area contributed by atoms with Crippen molar-refractivity contribution in [3.8, 4) is 16.9 Å². The minimum atomic E-state index is 0.109. The second-order valence-electron chi connectivity index (χ2n) is 9.50. The summed E-state index contributed by atoms with van der Waals surface area (Å²) in [5.41, 5.74) is 3.17. The van der Waals surface area contributed by atoms with Gasteiger partial charge in [0.2, 0.25) is 0 Å². The second kappa shape index (κ2) is 11.7.